The second-order valence-corrected chi connectivity index (χ2v) is 4.96. The Bertz CT molecular complexity index is 156. The van der Waals surface area contributed by atoms with Gasteiger partial charge in [-0.1, -0.05) is 13.3 Å². The molecule has 0 aromatic rings. The Balaban J connectivity index is 2.32. The van der Waals surface area contributed by atoms with Crippen molar-refractivity contribution in [1.29, 1.82) is 0 Å². The highest BCUT2D eigenvalue weighted by atomic mass is 15.1. The molecule has 1 aliphatic rings. The van der Waals surface area contributed by atoms with Crippen LogP contribution >= 0.6 is 0 Å². The van der Waals surface area contributed by atoms with Crippen LogP contribution < -0.4 is 5.32 Å². The maximum absolute atomic E-state index is 3.73. The average molecular weight is 198 g/mol. The van der Waals surface area contributed by atoms with Gasteiger partial charge < -0.3 is 10.2 Å². The van der Waals surface area contributed by atoms with Crippen LogP contribution in [0.25, 0.3) is 0 Å². The van der Waals surface area contributed by atoms with Crippen molar-refractivity contribution in [2.75, 3.05) is 14.1 Å². The Kier molecular flexibility index (Phi) is 4.90. The minimum atomic E-state index is 0.681. The maximum atomic E-state index is 3.73. The minimum Gasteiger partial charge on any atom is -0.311 e. The van der Waals surface area contributed by atoms with Crippen LogP contribution in [0.3, 0.4) is 0 Å². The highest BCUT2D eigenvalue weighted by molar-refractivity contribution is 4.83. The molecule has 0 spiro atoms. The molecule has 1 saturated carbocycles. The van der Waals surface area contributed by atoms with Crippen LogP contribution in [-0.2, 0) is 0 Å². The van der Waals surface area contributed by atoms with E-state index in [1.165, 1.54) is 32.1 Å². The monoisotopic (exact) mass is 198 g/mol. The molecule has 0 heterocycles. The van der Waals surface area contributed by atoms with E-state index < -0.39 is 0 Å². The Morgan fingerprint density at radius 2 is 2.07 bits per heavy atom. The molecule has 2 nitrogen and oxygen atoms in total. The van der Waals surface area contributed by atoms with Crippen molar-refractivity contribution < 1.29 is 0 Å². The van der Waals surface area contributed by atoms with Crippen LogP contribution in [0.1, 0.15) is 46.0 Å². The Morgan fingerprint density at radius 3 is 2.64 bits per heavy atom. The van der Waals surface area contributed by atoms with Gasteiger partial charge >= 0.3 is 0 Å². The second kappa shape index (κ2) is 5.72. The van der Waals surface area contributed by atoms with Crippen LogP contribution in [0.15, 0.2) is 0 Å². The molecular formula is C12H26N2. The predicted octanol–water partition coefficient (Wildman–Crippen LogP) is 2.25. The largest absolute Gasteiger partial charge is 0.311 e. The number of nitrogens with one attached hydrogen (secondary N) is 1. The minimum absolute atomic E-state index is 0.681. The highest BCUT2D eigenvalue weighted by Crippen LogP contribution is 2.22. The van der Waals surface area contributed by atoms with E-state index >= 15 is 0 Å². The molecule has 1 aliphatic carbocycles. The first kappa shape index (κ1) is 12.0. The fourth-order valence-electron chi connectivity index (χ4n) is 2.30. The molecule has 1 N–H and O–H groups in total. The summed E-state index contributed by atoms with van der Waals surface area (Å²) in [6.45, 7) is 4.54. The highest BCUT2D eigenvalue weighted by Gasteiger charge is 2.23. The quantitative estimate of drug-likeness (QED) is 0.745. The molecule has 84 valence electrons. The molecule has 2 heteroatoms. The molecule has 3 unspecified atom stereocenters. The van der Waals surface area contributed by atoms with Gasteiger partial charge in [-0.05, 0) is 46.7 Å². The molecule has 0 aromatic carbocycles. The molecule has 1 fully saturated rings. The molecule has 14 heavy (non-hydrogen) atoms. The van der Waals surface area contributed by atoms with Crippen molar-refractivity contribution in [2.24, 2.45) is 0 Å². The first-order valence-electron chi connectivity index (χ1n) is 6.06. The lowest BCUT2D eigenvalue weighted by Gasteiger charge is -2.35. The second-order valence-electron chi connectivity index (χ2n) is 4.96. The molecule has 0 saturated heterocycles. The van der Waals surface area contributed by atoms with E-state index in [2.05, 4.69) is 38.2 Å². The lowest BCUT2D eigenvalue weighted by molar-refractivity contribution is 0.192. The van der Waals surface area contributed by atoms with Crippen molar-refractivity contribution >= 4 is 0 Å². The van der Waals surface area contributed by atoms with E-state index in [0.29, 0.717) is 6.04 Å². The third-order valence-corrected chi connectivity index (χ3v) is 3.51. The van der Waals surface area contributed by atoms with Crippen LogP contribution in [0.5, 0.6) is 0 Å². The Morgan fingerprint density at radius 1 is 1.36 bits per heavy atom. The van der Waals surface area contributed by atoms with Gasteiger partial charge in [-0.3, -0.25) is 0 Å². The number of hydrogen-bond acceptors (Lipinski definition) is 2. The number of nitrogens with zero attached hydrogens (tertiary/aromatic N) is 1. The first-order chi connectivity index (χ1) is 6.63. The number of rotatable bonds is 4. The third-order valence-electron chi connectivity index (χ3n) is 3.51. The van der Waals surface area contributed by atoms with Gasteiger partial charge in [0.1, 0.15) is 0 Å². The van der Waals surface area contributed by atoms with Crippen molar-refractivity contribution in [1.82, 2.24) is 10.2 Å². The van der Waals surface area contributed by atoms with Gasteiger partial charge in [-0.2, -0.15) is 0 Å². The molecule has 0 radical (unpaired) electrons. The van der Waals surface area contributed by atoms with Crippen molar-refractivity contribution in [3.05, 3.63) is 0 Å². The molecule has 1 rings (SSSR count). The molecule has 0 amide bonds. The fourth-order valence-corrected chi connectivity index (χ4v) is 2.30. The zero-order valence-corrected chi connectivity index (χ0v) is 10.2. The van der Waals surface area contributed by atoms with Gasteiger partial charge in [0.25, 0.3) is 0 Å². The van der Waals surface area contributed by atoms with Gasteiger partial charge in [-0.15, -0.1) is 0 Å². The van der Waals surface area contributed by atoms with Crippen molar-refractivity contribution in [3.8, 4) is 0 Å². The van der Waals surface area contributed by atoms with Crippen molar-refractivity contribution in [2.45, 2.75) is 64.1 Å². The van der Waals surface area contributed by atoms with Gasteiger partial charge in [0, 0.05) is 18.1 Å². The summed E-state index contributed by atoms with van der Waals surface area (Å²) in [5, 5.41) is 3.73. The van der Waals surface area contributed by atoms with E-state index in [9.17, 15) is 0 Å². The molecule has 0 bridgehead atoms. The maximum Gasteiger partial charge on any atom is 0.0104 e. The number of hydrogen-bond donors (Lipinski definition) is 1. The Hall–Kier alpha value is -0.0800. The smallest absolute Gasteiger partial charge is 0.0104 e. The van der Waals surface area contributed by atoms with E-state index in [-0.39, 0.29) is 0 Å². The van der Waals surface area contributed by atoms with Gasteiger partial charge in [0.05, 0.1) is 0 Å². The zero-order valence-electron chi connectivity index (χ0n) is 10.2. The summed E-state index contributed by atoms with van der Waals surface area (Å²) in [4.78, 5) is 2.38. The van der Waals surface area contributed by atoms with Gasteiger partial charge in [0.15, 0.2) is 0 Å². The van der Waals surface area contributed by atoms with E-state index in [1.807, 2.05) is 0 Å². The van der Waals surface area contributed by atoms with E-state index in [0.717, 1.165) is 12.1 Å². The topological polar surface area (TPSA) is 15.3 Å². The first-order valence-corrected chi connectivity index (χ1v) is 6.06. The summed E-state index contributed by atoms with van der Waals surface area (Å²) in [6, 6.07) is 2.23. The standard InChI is InChI=1S/C12H26N2/c1-5-10(2)13-11-7-6-8-12(9-11)14(3)4/h10-13H,5-9H2,1-4H3. The Labute approximate surface area is 89.1 Å². The van der Waals surface area contributed by atoms with Crippen LogP contribution in [-0.4, -0.2) is 37.1 Å². The summed E-state index contributed by atoms with van der Waals surface area (Å²) in [6.07, 6.45) is 6.71. The SMILES string of the molecule is CCC(C)NC1CCCC(N(C)C)C1. The average Bonchev–Trinajstić information content (AvgIpc) is 2.18. The molecule has 0 aliphatic heterocycles. The lowest BCUT2D eigenvalue weighted by Crippen LogP contribution is -2.44. The summed E-state index contributed by atoms with van der Waals surface area (Å²) >= 11 is 0. The molecule has 0 aromatic heterocycles. The summed E-state index contributed by atoms with van der Waals surface area (Å²) in [5.74, 6) is 0. The lowest BCUT2D eigenvalue weighted by atomic mass is 9.90. The van der Waals surface area contributed by atoms with Crippen LogP contribution in [0.2, 0.25) is 0 Å². The fraction of sp³-hybridized carbons (Fsp3) is 1.00. The molecular weight excluding hydrogens is 172 g/mol. The summed E-state index contributed by atoms with van der Waals surface area (Å²) < 4.78 is 0. The summed E-state index contributed by atoms with van der Waals surface area (Å²) in [5.41, 5.74) is 0. The van der Waals surface area contributed by atoms with Crippen molar-refractivity contribution in [3.63, 3.8) is 0 Å². The van der Waals surface area contributed by atoms with E-state index in [1.54, 1.807) is 0 Å². The predicted molar refractivity (Wildman–Crippen MR) is 62.6 cm³/mol. The van der Waals surface area contributed by atoms with Gasteiger partial charge in [-0.25, -0.2) is 0 Å². The normalized spacial score (nSPS) is 30.6. The van der Waals surface area contributed by atoms with Crippen LogP contribution in [0, 0.1) is 0 Å². The van der Waals surface area contributed by atoms with Gasteiger partial charge in [0.2, 0.25) is 0 Å². The van der Waals surface area contributed by atoms with E-state index in [4.69, 9.17) is 0 Å². The zero-order chi connectivity index (χ0) is 10.6. The summed E-state index contributed by atoms with van der Waals surface area (Å²) in [7, 11) is 4.41. The van der Waals surface area contributed by atoms with Crippen LogP contribution in [0.4, 0.5) is 0 Å². The third kappa shape index (κ3) is 3.58. The molecule has 3 atom stereocenters.